The van der Waals surface area contributed by atoms with Gasteiger partial charge < -0.3 is 10.1 Å². The van der Waals surface area contributed by atoms with E-state index in [2.05, 4.69) is 5.32 Å². The van der Waals surface area contributed by atoms with Gasteiger partial charge in [-0.3, -0.25) is 9.69 Å². The van der Waals surface area contributed by atoms with Gasteiger partial charge in [-0.05, 0) is 43.8 Å². The summed E-state index contributed by atoms with van der Waals surface area (Å²) in [5, 5.41) is 3.17. The Bertz CT molecular complexity index is 717. The van der Waals surface area contributed by atoms with Crippen molar-refractivity contribution in [2.75, 3.05) is 26.0 Å². The lowest BCUT2D eigenvalue weighted by molar-refractivity contribution is -0.117. The largest absolute Gasteiger partial charge is 0.495 e. The van der Waals surface area contributed by atoms with Crippen molar-refractivity contribution >= 4 is 23.2 Å². The van der Waals surface area contributed by atoms with Crippen LogP contribution in [-0.2, 0) is 11.3 Å². The van der Waals surface area contributed by atoms with Crippen LogP contribution in [0.5, 0.6) is 5.75 Å². The molecule has 2 aromatic rings. The fourth-order valence-corrected chi connectivity index (χ4v) is 2.59. The number of amides is 1. The number of benzene rings is 2. The Kier molecular flexibility index (Phi) is 6.17. The smallest absolute Gasteiger partial charge is 0.238 e. The number of methoxy groups -OCH3 is 1. The van der Waals surface area contributed by atoms with E-state index < -0.39 is 0 Å². The van der Waals surface area contributed by atoms with Crippen LogP contribution in [0.2, 0.25) is 5.02 Å². The van der Waals surface area contributed by atoms with Gasteiger partial charge >= 0.3 is 0 Å². The lowest BCUT2D eigenvalue weighted by Crippen LogP contribution is -2.30. The Morgan fingerprint density at radius 1 is 1.33 bits per heavy atom. The molecule has 0 radical (unpaired) electrons. The number of aryl methyl sites for hydroxylation is 1. The minimum atomic E-state index is -0.380. The van der Waals surface area contributed by atoms with E-state index in [1.54, 1.807) is 37.3 Å². The Hall–Kier alpha value is -2.11. The van der Waals surface area contributed by atoms with Gasteiger partial charge in [-0.2, -0.15) is 0 Å². The maximum Gasteiger partial charge on any atom is 0.238 e. The standard InChI is InChI=1S/C18H20ClFN2O2/c1-12-7-8-17(24-3)16(9-12)21-18(23)11-22(2)10-13-14(19)5-4-6-15(13)20/h4-9H,10-11H2,1-3H3,(H,21,23). The fourth-order valence-electron chi connectivity index (χ4n) is 2.36. The summed E-state index contributed by atoms with van der Waals surface area (Å²) >= 11 is 6.01. The summed E-state index contributed by atoms with van der Waals surface area (Å²) in [7, 11) is 3.28. The summed E-state index contributed by atoms with van der Waals surface area (Å²) in [6, 6.07) is 10.1. The van der Waals surface area contributed by atoms with Crippen LogP contribution in [0.3, 0.4) is 0 Å². The number of carbonyl (C=O) groups is 1. The van der Waals surface area contributed by atoms with Gasteiger partial charge in [-0.1, -0.05) is 23.7 Å². The molecule has 0 atom stereocenters. The first-order valence-corrected chi connectivity index (χ1v) is 7.84. The molecule has 0 saturated carbocycles. The van der Waals surface area contributed by atoms with Crippen molar-refractivity contribution in [3.05, 3.63) is 58.4 Å². The number of carbonyl (C=O) groups excluding carboxylic acids is 1. The summed E-state index contributed by atoms with van der Waals surface area (Å²) < 4.78 is 19.0. The molecule has 0 heterocycles. The number of hydrogen-bond acceptors (Lipinski definition) is 3. The van der Waals surface area contributed by atoms with Gasteiger partial charge in [0.15, 0.2) is 0 Å². The number of nitrogens with zero attached hydrogens (tertiary/aromatic N) is 1. The van der Waals surface area contributed by atoms with E-state index in [0.29, 0.717) is 22.0 Å². The zero-order chi connectivity index (χ0) is 17.7. The molecule has 0 aromatic heterocycles. The molecular formula is C18H20ClFN2O2. The van der Waals surface area contributed by atoms with Crippen molar-refractivity contribution in [1.29, 1.82) is 0 Å². The van der Waals surface area contributed by atoms with E-state index in [1.165, 1.54) is 6.07 Å². The lowest BCUT2D eigenvalue weighted by atomic mass is 10.2. The molecule has 0 aliphatic carbocycles. The van der Waals surface area contributed by atoms with Gasteiger partial charge in [0, 0.05) is 17.1 Å². The molecule has 0 bridgehead atoms. The Morgan fingerprint density at radius 2 is 2.08 bits per heavy atom. The molecule has 0 aliphatic rings. The summed E-state index contributed by atoms with van der Waals surface area (Å²) in [5.74, 6) is -0.00211. The lowest BCUT2D eigenvalue weighted by Gasteiger charge is -2.18. The Balaban J connectivity index is 2.01. The van der Waals surface area contributed by atoms with Crippen molar-refractivity contribution in [2.45, 2.75) is 13.5 Å². The minimum absolute atomic E-state index is 0.0990. The number of rotatable bonds is 6. The fraction of sp³-hybridized carbons (Fsp3) is 0.278. The van der Waals surface area contributed by atoms with Gasteiger partial charge in [0.2, 0.25) is 5.91 Å². The van der Waals surface area contributed by atoms with Crippen LogP contribution in [0, 0.1) is 12.7 Å². The molecule has 24 heavy (non-hydrogen) atoms. The normalized spacial score (nSPS) is 10.8. The molecule has 1 amide bonds. The number of anilines is 1. The van der Waals surface area contributed by atoms with Gasteiger partial charge in [-0.15, -0.1) is 0 Å². The number of hydrogen-bond donors (Lipinski definition) is 1. The Labute approximate surface area is 146 Å². The molecule has 0 aliphatic heterocycles. The van der Waals surface area contributed by atoms with Crippen LogP contribution < -0.4 is 10.1 Å². The molecule has 0 saturated heterocycles. The number of likely N-dealkylation sites (N-methyl/N-ethyl adjacent to an activating group) is 1. The monoisotopic (exact) mass is 350 g/mol. The number of halogens is 2. The number of nitrogens with one attached hydrogen (secondary N) is 1. The van der Waals surface area contributed by atoms with Crippen LogP contribution in [0.1, 0.15) is 11.1 Å². The SMILES string of the molecule is COc1ccc(C)cc1NC(=O)CN(C)Cc1c(F)cccc1Cl. The molecule has 0 unspecified atom stereocenters. The second-order valence-electron chi connectivity index (χ2n) is 5.62. The molecule has 2 rings (SSSR count). The zero-order valence-corrected chi connectivity index (χ0v) is 14.7. The summed E-state index contributed by atoms with van der Waals surface area (Å²) in [6.07, 6.45) is 0. The third-order valence-electron chi connectivity index (χ3n) is 3.53. The minimum Gasteiger partial charge on any atom is -0.495 e. The topological polar surface area (TPSA) is 41.6 Å². The maximum atomic E-state index is 13.8. The third-order valence-corrected chi connectivity index (χ3v) is 3.89. The van der Waals surface area contributed by atoms with Crippen molar-refractivity contribution in [3.8, 4) is 5.75 Å². The van der Waals surface area contributed by atoms with Gasteiger partial charge in [0.1, 0.15) is 11.6 Å². The van der Waals surface area contributed by atoms with Crippen molar-refractivity contribution in [1.82, 2.24) is 4.90 Å². The second kappa shape index (κ2) is 8.13. The molecule has 0 spiro atoms. The molecule has 0 fully saturated rings. The van der Waals surface area contributed by atoms with Crippen LogP contribution in [0.25, 0.3) is 0 Å². The van der Waals surface area contributed by atoms with Crippen molar-refractivity contribution in [2.24, 2.45) is 0 Å². The van der Waals surface area contributed by atoms with Crippen molar-refractivity contribution in [3.63, 3.8) is 0 Å². The quantitative estimate of drug-likeness (QED) is 0.860. The molecule has 2 aromatic carbocycles. The first-order valence-electron chi connectivity index (χ1n) is 7.46. The highest BCUT2D eigenvalue weighted by Crippen LogP contribution is 2.25. The van der Waals surface area contributed by atoms with Crippen LogP contribution in [-0.4, -0.2) is 31.5 Å². The molecule has 128 valence electrons. The molecule has 6 heteroatoms. The van der Waals surface area contributed by atoms with E-state index in [0.717, 1.165) is 5.56 Å². The van der Waals surface area contributed by atoms with Gasteiger partial charge in [0.05, 0.1) is 19.3 Å². The Morgan fingerprint density at radius 3 is 2.75 bits per heavy atom. The van der Waals surface area contributed by atoms with Crippen LogP contribution >= 0.6 is 11.6 Å². The van der Waals surface area contributed by atoms with E-state index >= 15 is 0 Å². The molecule has 4 nitrogen and oxygen atoms in total. The third kappa shape index (κ3) is 4.69. The first kappa shape index (κ1) is 18.2. The summed E-state index contributed by atoms with van der Waals surface area (Å²) in [6.45, 7) is 2.27. The second-order valence-corrected chi connectivity index (χ2v) is 6.03. The molecule has 1 N–H and O–H groups in total. The van der Waals surface area contributed by atoms with E-state index in [-0.39, 0.29) is 24.8 Å². The van der Waals surface area contributed by atoms with E-state index in [1.807, 2.05) is 19.1 Å². The van der Waals surface area contributed by atoms with E-state index in [4.69, 9.17) is 16.3 Å². The summed E-state index contributed by atoms with van der Waals surface area (Å²) in [5.41, 5.74) is 2.00. The van der Waals surface area contributed by atoms with E-state index in [9.17, 15) is 9.18 Å². The van der Waals surface area contributed by atoms with Crippen LogP contribution in [0.4, 0.5) is 10.1 Å². The highest BCUT2D eigenvalue weighted by molar-refractivity contribution is 6.31. The predicted molar refractivity (Wildman–Crippen MR) is 94.1 cm³/mol. The average molecular weight is 351 g/mol. The van der Waals surface area contributed by atoms with Crippen LogP contribution in [0.15, 0.2) is 36.4 Å². The van der Waals surface area contributed by atoms with Gasteiger partial charge in [0.25, 0.3) is 0 Å². The molecular weight excluding hydrogens is 331 g/mol. The number of ether oxygens (including phenoxy) is 1. The highest BCUT2D eigenvalue weighted by atomic mass is 35.5. The van der Waals surface area contributed by atoms with Gasteiger partial charge in [-0.25, -0.2) is 4.39 Å². The summed E-state index contributed by atoms with van der Waals surface area (Å²) in [4.78, 5) is 13.9. The average Bonchev–Trinajstić information content (AvgIpc) is 2.51. The zero-order valence-electron chi connectivity index (χ0n) is 13.9. The predicted octanol–water partition coefficient (Wildman–Crippen LogP) is 3.87. The first-order chi connectivity index (χ1) is 11.4. The highest BCUT2D eigenvalue weighted by Gasteiger charge is 2.14. The van der Waals surface area contributed by atoms with Crippen molar-refractivity contribution < 1.29 is 13.9 Å². The maximum absolute atomic E-state index is 13.8.